The zero-order valence-corrected chi connectivity index (χ0v) is 20.4. The molecule has 0 amide bonds. The minimum absolute atomic E-state index is 0.0590. The van der Waals surface area contributed by atoms with Crippen molar-refractivity contribution in [1.82, 2.24) is 9.88 Å². The largest absolute Gasteiger partial charge is 0.479 e. The molecule has 1 aromatic heterocycles. The number of carbonyl (C=O) groups is 2. The number of β-amino-alcohol motifs (C(OH)–C–C–N with tert-alkyl or cyclic N) is 1. The van der Waals surface area contributed by atoms with E-state index in [0.29, 0.717) is 12.5 Å². The number of pyridine rings is 1. The van der Waals surface area contributed by atoms with Crippen molar-refractivity contribution in [2.75, 3.05) is 19.6 Å². The number of hydrogen-bond donors (Lipinski definition) is 6. The molecule has 2 aromatic rings. The van der Waals surface area contributed by atoms with Gasteiger partial charge >= 0.3 is 11.9 Å². The third-order valence-corrected chi connectivity index (χ3v) is 6.93. The fraction of sp³-hybridized carbons (Fsp3) is 0.500. The van der Waals surface area contributed by atoms with Crippen LogP contribution in [0.15, 0.2) is 36.5 Å². The normalized spacial score (nSPS) is 25.2. The number of aryl methyl sites for hydroxylation is 1. The molecule has 10 nitrogen and oxygen atoms in total. The minimum Gasteiger partial charge on any atom is -0.479 e. The Hall–Kier alpha value is -2.96. The number of hydrogen-bond acceptors (Lipinski definition) is 8. The highest BCUT2D eigenvalue weighted by atomic mass is 19.1. The van der Waals surface area contributed by atoms with E-state index in [0.717, 1.165) is 54.7 Å². The molecule has 0 bridgehead atoms. The lowest BCUT2D eigenvalue weighted by atomic mass is 9.82. The maximum atomic E-state index is 13.4. The molecule has 1 aromatic carbocycles. The van der Waals surface area contributed by atoms with E-state index in [4.69, 9.17) is 20.4 Å². The lowest BCUT2D eigenvalue weighted by Crippen LogP contribution is -2.45. The smallest absolute Gasteiger partial charge is 0.335 e. The summed E-state index contributed by atoms with van der Waals surface area (Å²) in [7, 11) is 0. The lowest BCUT2D eigenvalue weighted by molar-refractivity contribution is -0.165. The zero-order valence-electron chi connectivity index (χ0n) is 20.4. The summed E-state index contributed by atoms with van der Waals surface area (Å²) >= 11 is 0. The van der Waals surface area contributed by atoms with Crippen molar-refractivity contribution in [3.8, 4) is 0 Å². The van der Waals surface area contributed by atoms with E-state index in [1.165, 1.54) is 6.07 Å². The van der Waals surface area contributed by atoms with Crippen LogP contribution >= 0.6 is 0 Å². The Morgan fingerprint density at radius 1 is 1.14 bits per heavy atom. The molecule has 1 aliphatic heterocycles. The van der Waals surface area contributed by atoms with Crippen LogP contribution in [-0.2, 0) is 16.0 Å². The number of nitrogens with zero attached hydrogens (tertiary/aromatic N) is 2. The van der Waals surface area contributed by atoms with Crippen LogP contribution in [0, 0.1) is 18.7 Å². The lowest BCUT2D eigenvalue weighted by Gasteiger charge is -2.39. The SMILES string of the molecule is Cc1cc(F)ccc1[C@H]1CCN(C[C@@H]2Cc3cccnc3[C@@H](O)C2)C[C@@H]1O.O=C(O)[C@H](O)[C@@H](O)C(=O)O. The van der Waals surface area contributed by atoms with Crippen LogP contribution in [0.25, 0.3) is 0 Å². The summed E-state index contributed by atoms with van der Waals surface area (Å²) < 4.78 is 13.4. The molecule has 0 spiro atoms. The van der Waals surface area contributed by atoms with Crippen LogP contribution in [0.2, 0.25) is 0 Å². The Kier molecular flexibility index (Phi) is 9.68. The summed E-state index contributed by atoms with van der Waals surface area (Å²) in [5.41, 5.74) is 3.92. The molecule has 1 fully saturated rings. The Bertz CT molecular complexity index is 1080. The first-order valence-electron chi connectivity index (χ1n) is 12.1. The summed E-state index contributed by atoms with van der Waals surface area (Å²) in [6.07, 6.45) is -1.24. The van der Waals surface area contributed by atoms with Gasteiger partial charge in [-0.1, -0.05) is 12.1 Å². The van der Waals surface area contributed by atoms with Crippen molar-refractivity contribution in [1.29, 1.82) is 0 Å². The van der Waals surface area contributed by atoms with Gasteiger partial charge in [0.15, 0.2) is 12.2 Å². The highest BCUT2D eigenvalue weighted by Gasteiger charge is 2.33. The van der Waals surface area contributed by atoms with Gasteiger partial charge in [0.25, 0.3) is 0 Å². The highest BCUT2D eigenvalue weighted by molar-refractivity contribution is 5.83. The monoisotopic (exact) mass is 520 g/mol. The van der Waals surface area contributed by atoms with E-state index in [-0.39, 0.29) is 11.7 Å². The van der Waals surface area contributed by atoms with E-state index in [1.54, 1.807) is 12.3 Å². The Morgan fingerprint density at radius 2 is 1.81 bits per heavy atom. The van der Waals surface area contributed by atoms with E-state index < -0.39 is 36.4 Å². The standard InChI is InChI=1S/C22H27FN2O2.C4H6O6/c1-14-9-17(23)4-5-18(14)19-6-8-25(13-21(19)27)12-15-10-16-3-2-7-24-22(16)20(26)11-15;5-1(3(7)8)2(6)4(9)10/h2-5,7,9,15,19-21,26-27H,6,8,10-13H2,1H3;1-2,5-6H,(H,7,8)(H,9,10)/t15-,19-,20+,21+;1-,2-/m11/s1. The Labute approximate surface area is 213 Å². The summed E-state index contributed by atoms with van der Waals surface area (Å²) in [5.74, 6) is -3.34. The van der Waals surface area contributed by atoms with Gasteiger partial charge in [0.05, 0.1) is 17.9 Å². The first-order chi connectivity index (χ1) is 17.5. The highest BCUT2D eigenvalue weighted by Crippen LogP contribution is 2.35. The number of aromatic nitrogens is 1. The van der Waals surface area contributed by atoms with Gasteiger partial charge in [0, 0.05) is 25.2 Å². The molecule has 11 heteroatoms. The number of aliphatic hydroxyl groups is 4. The number of carboxylic acids is 2. The molecule has 2 heterocycles. The number of carboxylic acid groups (broad SMARTS) is 2. The van der Waals surface area contributed by atoms with Gasteiger partial charge < -0.3 is 35.5 Å². The van der Waals surface area contributed by atoms with Crippen molar-refractivity contribution in [3.05, 3.63) is 64.7 Å². The fourth-order valence-electron chi connectivity index (χ4n) is 5.10. The maximum Gasteiger partial charge on any atom is 0.335 e. The molecular weight excluding hydrogens is 487 g/mol. The molecule has 1 saturated heterocycles. The van der Waals surface area contributed by atoms with Gasteiger partial charge in [-0.2, -0.15) is 0 Å². The first kappa shape index (κ1) is 28.6. The van der Waals surface area contributed by atoms with Gasteiger partial charge in [-0.15, -0.1) is 0 Å². The first-order valence-corrected chi connectivity index (χ1v) is 12.1. The summed E-state index contributed by atoms with van der Waals surface area (Å²) in [5, 5.41) is 53.7. The number of rotatable bonds is 6. The molecule has 6 N–H and O–H groups in total. The third-order valence-electron chi connectivity index (χ3n) is 6.93. The van der Waals surface area contributed by atoms with Gasteiger partial charge in [-0.3, -0.25) is 4.98 Å². The van der Waals surface area contributed by atoms with Crippen molar-refractivity contribution >= 4 is 11.9 Å². The van der Waals surface area contributed by atoms with Crippen molar-refractivity contribution in [2.24, 2.45) is 5.92 Å². The molecule has 6 atom stereocenters. The molecule has 0 unspecified atom stereocenters. The van der Waals surface area contributed by atoms with Crippen LogP contribution < -0.4 is 0 Å². The molecule has 0 saturated carbocycles. The van der Waals surface area contributed by atoms with Gasteiger partial charge in [0.2, 0.25) is 0 Å². The van der Waals surface area contributed by atoms with Gasteiger partial charge in [-0.25, -0.2) is 14.0 Å². The average molecular weight is 521 g/mol. The number of aliphatic carboxylic acids is 2. The number of halogens is 1. The number of fused-ring (bicyclic) bond motifs is 1. The number of likely N-dealkylation sites (tertiary alicyclic amines) is 1. The summed E-state index contributed by atoms with van der Waals surface area (Å²) in [6, 6.07) is 8.82. The third kappa shape index (κ3) is 7.30. The van der Waals surface area contributed by atoms with Gasteiger partial charge in [0.1, 0.15) is 5.82 Å². The second kappa shape index (κ2) is 12.5. The predicted octanol–water partition coefficient (Wildman–Crippen LogP) is 0.853. The number of piperidine rings is 1. The molecular formula is C26H33FN2O8. The van der Waals surface area contributed by atoms with Crippen LogP contribution in [-0.4, -0.2) is 90.4 Å². The summed E-state index contributed by atoms with van der Waals surface area (Å²) in [4.78, 5) is 26.2. The minimum atomic E-state index is -2.27. The van der Waals surface area contributed by atoms with Crippen LogP contribution in [0.5, 0.6) is 0 Å². The van der Waals surface area contributed by atoms with Crippen LogP contribution in [0.4, 0.5) is 4.39 Å². The molecule has 4 rings (SSSR count). The zero-order chi connectivity index (χ0) is 27.3. The Balaban J connectivity index is 0.000000325. The van der Waals surface area contributed by atoms with Crippen molar-refractivity contribution in [2.45, 2.75) is 56.5 Å². The van der Waals surface area contributed by atoms with E-state index >= 15 is 0 Å². The quantitative estimate of drug-likeness (QED) is 0.321. The Morgan fingerprint density at radius 3 is 2.41 bits per heavy atom. The van der Waals surface area contributed by atoms with Crippen LogP contribution in [0.3, 0.4) is 0 Å². The fourth-order valence-corrected chi connectivity index (χ4v) is 5.10. The van der Waals surface area contributed by atoms with Crippen molar-refractivity contribution < 1.29 is 44.6 Å². The molecule has 1 aliphatic carbocycles. The molecule has 202 valence electrons. The maximum absolute atomic E-state index is 13.4. The number of aliphatic hydroxyl groups excluding tert-OH is 4. The predicted molar refractivity (Wildman–Crippen MR) is 129 cm³/mol. The second-order valence-corrected chi connectivity index (χ2v) is 9.66. The van der Waals surface area contributed by atoms with Crippen LogP contribution in [0.1, 0.15) is 47.2 Å². The van der Waals surface area contributed by atoms with E-state index in [9.17, 15) is 24.2 Å². The summed E-state index contributed by atoms with van der Waals surface area (Å²) in [6.45, 7) is 4.31. The van der Waals surface area contributed by atoms with E-state index in [1.807, 2.05) is 19.1 Å². The molecule has 0 radical (unpaired) electrons. The second-order valence-electron chi connectivity index (χ2n) is 9.66. The number of benzene rings is 1. The van der Waals surface area contributed by atoms with E-state index in [2.05, 4.69) is 16.0 Å². The molecule has 37 heavy (non-hydrogen) atoms. The van der Waals surface area contributed by atoms with Gasteiger partial charge in [-0.05, 0) is 73.5 Å². The topological polar surface area (TPSA) is 172 Å². The van der Waals surface area contributed by atoms with Crippen molar-refractivity contribution in [3.63, 3.8) is 0 Å². The molecule has 2 aliphatic rings. The average Bonchev–Trinajstić information content (AvgIpc) is 2.84.